The van der Waals surface area contributed by atoms with Crippen molar-refractivity contribution in [2.75, 3.05) is 0 Å². The first-order chi connectivity index (χ1) is 10.6. The first-order valence-corrected chi connectivity index (χ1v) is 9.53. The van der Waals surface area contributed by atoms with Gasteiger partial charge in [-0.2, -0.15) is 0 Å². The Labute approximate surface area is 139 Å². The van der Waals surface area contributed by atoms with Crippen LogP contribution in [0.2, 0.25) is 5.02 Å². The lowest BCUT2D eigenvalue weighted by Crippen LogP contribution is -2.49. The lowest BCUT2D eigenvalue weighted by Gasteiger charge is -2.56. The third-order valence-corrected chi connectivity index (χ3v) is 7.55. The summed E-state index contributed by atoms with van der Waals surface area (Å²) in [5.74, 6) is 4.93. The predicted octanol–water partition coefficient (Wildman–Crippen LogP) is 4.66. The van der Waals surface area contributed by atoms with Crippen LogP contribution < -0.4 is 0 Å². The molecule has 4 aliphatic carbocycles. The Hall–Kier alpha value is -0.870. The van der Waals surface area contributed by atoms with Crippen molar-refractivity contribution in [1.82, 2.24) is 14.8 Å². The highest BCUT2D eigenvalue weighted by molar-refractivity contribution is 7.14. The van der Waals surface area contributed by atoms with E-state index in [2.05, 4.69) is 21.8 Å². The maximum atomic E-state index is 6.30. The van der Waals surface area contributed by atoms with Gasteiger partial charge < -0.3 is 4.57 Å². The molecule has 0 aromatic carbocycles. The number of rotatable bonds is 2. The van der Waals surface area contributed by atoms with Crippen LogP contribution in [0.15, 0.2) is 11.4 Å². The molecule has 0 amide bonds. The Kier molecular flexibility index (Phi) is 2.82. The first kappa shape index (κ1) is 13.6. The predicted molar refractivity (Wildman–Crippen MR) is 89.2 cm³/mol. The molecule has 116 valence electrons. The van der Waals surface area contributed by atoms with Crippen LogP contribution in [0.1, 0.15) is 44.3 Å². The van der Waals surface area contributed by atoms with Crippen molar-refractivity contribution >= 4 is 22.9 Å². The van der Waals surface area contributed by atoms with E-state index in [1.807, 2.05) is 11.4 Å². The van der Waals surface area contributed by atoms with Gasteiger partial charge >= 0.3 is 0 Å². The number of thiophene rings is 1. The van der Waals surface area contributed by atoms with Gasteiger partial charge in [-0.1, -0.05) is 11.6 Å². The van der Waals surface area contributed by atoms with Gasteiger partial charge in [-0.25, -0.2) is 0 Å². The maximum Gasteiger partial charge on any atom is 0.175 e. The minimum absolute atomic E-state index is 0.290. The van der Waals surface area contributed by atoms with Crippen LogP contribution in [0.3, 0.4) is 0 Å². The fourth-order valence-corrected chi connectivity index (χ4v) is 6.99. The van der Waals surface area contributed by atoms with E-state index >= 15 is 0 Å². The lowest BCUT2D eigenvalue weighted by molar-refractivity contribution is -0.0107. The van der Waals surface area contributed by atoms with E-state index in [1.54, 1.807) is 11.3 Å². The molecule has 0 N–H and O–H groups in total. The molecule has 2 aromatic rings. The van der Waals surface area contributed by atoms with Gasteiger partial charge in [0.2, 0.25) is 0 Å². The van der Waals surface area contributed by atoms with Crippen molar-refractivity contribution in [2.45, 2.75) is 43.9 Å². The van der Waals surface area contributed by atoms with E-state index in [0.29, 0.717) is 5.41 Å². The lowest BCUT2D eigenvalue weighted by atomic mass is 9.49. The molecule has 22 heavy (non-hydrogen) atoms. The average Bonchev–Trinajstić information content (AvgIpc) is 3.03. The van der Waals surface area contributed by atoms with Crippen molar-refractivity contribution in [1.29, 1.82) is 0 Å². The molecule has 4 saturated carbocycles. The van der Waals surface area contributed by atoms with Crippen molar-refractivity contribution in [3.05, 3.63) is 22.3 Å². The third kappa shape index (κ3) is 1.80. The molecule has 5 heteroatoms. The van der Waals surface area contributed by atoms with Crippen LogP contribution in [-0.2, 0) is 12.5 Å². The normalized spacial score (nSPS) is 36.2. The highest BCUT2D eigenvalue weighted by Gasteiger charge is 2.53. The van der Waals surface area contributed by atoms with Gasteiger partial charge in [-0.3, -0.25) is 0 Å². The van der Waals surface area contributed by atoms with Gasteiger partial charge in [0.1, 0.15) is 5.82 Å². The molecule has 2 aromatic heterocycles. The van der Waals surface area contributed by atoms with Crippen LogP contribution in [0, 0.1) is 17.8 Å². The second kappa shape index (κ2) is 4.57. The fraction of sp³-hybridized carbons (Fsp3) is 0.647. The van der Waals surface area contributed by atoms with Crippen LogP contribution in [-0.4, -0.2) is 14.8 Å². The summed E-state index contributed by atoms with van der Waals surface area (Å²) >= 11 is 7.96. The third-order valence-electron chi connectivity index (χ3n) is 6.21. The van der Waals surface area contributed by atoms with Crippen LogP contribution in [0.5, 0.6) is 0 Å². The largest absolute Gasteiger partial charge is 0.313 e. The van der Waals surface area contributed by atoms with Crippen molar-refractivity contribution in [3.63, 3.8) is 0 Å². The minimum atomic E-state index is 0.290. The first-order valence-electron chi connectivity index (χ1n) is 8.28. The molecule has 0 unspecified atom stereocenters. The summed E-state index contributed by atoms with van der Waals surface area (Å²) in [6.07, 6.45) is 8.34. The zero-order valence-electron chi connectivity index (χ0n) is 12.8. The van der Waals surface area contributed by atoms with Crippen LogP contribution in [0.25, 0.3) is 10.7 Å². The van der Waals surface area contributed by atoms with E-state index in [0.717, 1.165) is 33.5 Å². The Morgan fingerprint density at radius 1 is 1.14 bits per heavy atom. The Balaban J connectivity index is 1.59. The summed E-state index contributed by atoms with van der Waals surface area (Å²) in [6, 6.07) is 1.95. The number of halogens is 1. The monoisotopic (exact) mass is 333 g/mol. The molecule has 2 heterocycles. The second-order valence-electron chi connectivity index (χ2n) is 7.70. The van der Waals surface area contributed by atoms with Crippen molar-refractivity contribution in [2.24, 2.45) is 24.8 Å². The highest BCUT2D eigenvalue weighted by atomic mass is 35.5. The molecule has 0 spiro atoms. The molecule has 4 fully saturated rings. The average molecular weight is 334 g/mol. The Morgan fingerprint density at radius 2 is 1.77 bits per heavy atom. The van der Waals surface area contributed by atoms with E-state index in [-0.39, 0.29) is 0 Å². The quantitative estimate of drug-likeness (QED) is 0.800. The van der Waals surface area contributed by atoms with E-state index in [1.165, 1.54) is 44.3 Å². The standard InChI is InChI=1S/C17H20ClN3S/c1-21-15(14-13(18)2-3-22-14)19-20-16(21)17-7-10-4-11(8-17)6-12(5-10)9-17/h2-3,10-12H,4-9H2,1H3. The van der Waals surface area contributed by atoms with Gasteiger partial charge in [0, 0.05) is 12.5 Å². The van der Waals surface area contributed by atoms with Crippen molar-refractivity contribution in [3.8, 4) is 10.7 Å². The van der Waals surface area contributed by atoms with Gasteiger partial charge in [0.05, 0.1) is 9.90 Å². The fourth-order valence-electron chi connectivity index (χ4n) is 5.83. The van der Waals surface area contributed by atoms with Gasteiger partial charge in [0.25, 0.3) is 0 Å². The van der Waals surface area contributed by atoms with Crippen LogP contribution in [0.4, 0.5) is 0 Å². The summed E-state index contributed by atoms with van der Waals surface area (Å²) in [5, 5.41) is 12.0. The number of aromatic nitrogens is 3. The number of nitrogens with zero attached hydrogens (tertiary/aromatic N) is 3. The van der Waals surface area contributed by atoms with E-state index < -0.39 is 0 Å². The van der Waals surface area contributed by atoms with Crippen LogP contribution >= 0.6 is 22.9 Å². The summed E-state index contributed by atoms with van der Waals surface area (Å²) in [6.45, 7) is 0. The minimum Gasteiger partial charge on any atom is -0.313 e. The molecule has 0 atom stereocenters. The molecule has 0 aliphatic heterocycles. The molecule has 3 nitrogen and oxygen atoms in total. The zero-order chi connectivity index (χ0) is 14.9. The molecule has 4 bridgehead atoms. The molecular formula is C17H20ClN3S. The number of hydrogen-bond acceptors (Lipinski definition) is 3. The SMILES string of the molecule is Cn1c(-c2sccc2Cl)nnc1C12CC3CC(CC(C3)C1)C2. The summed E-state index contributed by atoms with van der Waals surface area (Å²) in [7, 11) is 2.12. The topological polar surface area (TPSA) is 30.7 Å². The highest BCUT2D eigenvalue weighted by Crippen LogP contribution is 2.60. The molecule has 6 rings (SSSR count). The summed E-state index contributed by atoms with van der Waals surface area (Å²) in [4.78, 5) is 1.05. The van der Waals surface area contributed by atoms with Gasteiger partial charge in [-0.15, -0.1) is 21.5 Å². The zero-order valence-corrected chi connectivity index (χ0v) is 14.3. The molecule has 0 saturated heterocycles. The smallest absolute Gasteiger partial charge is 0.175 e. The molecular weight excluding hydrogens is 314 g/mol. The maximum absolute atomic E-state index is 6.30. The summed E-state index contributed by atoms with van der Waals surface area (Å²) < 4.78 is 2.23. The Morgan fingerprint density at radius 3 is 2.32 bits per heavy atom. The molecule has 4 aliphatic rings. The summed E-state index contributed by atoms with van der Waals surface area (Å²) in [5.41, 5.74) is 0.290. The van der Waals surface area contributed by atoms with Crippen molar-refractivity contribution < 1.29 is 0 Å². The van der Waals surface area contributed by atoms with Gasteiger partial charge in [-0.05, 0) is 67.7 Å². The van der Waals surface area contributed by atoms with Gasteiger partial charge in [0.15, 0.2) is 5.82 Å². The van der Waals surface area contributed by atoms with E-state index in [4.69, 9.17) is 11.6 Å². The Bertz CT molecular complexity index is 697. The second-order valence-corrected chi connectivity index (χ2v) is 9.03. The molecule has 0 radical (unpaired) electrons. The number of hydrogen-bond donors (Lipinski definition) is 0. The van der Waals surface area contributed by atoms with E-state index in [9.17, 15) is 0 Å².